The van der Waals surface area contributed by atoms with Crippen molar-refractivity contribution in [3.8, 4) is 0 Å². The average molecular weight is 1030 g/mol. The zero-order valence-corrected chi connectivity index (χ0v) is 48.3. The van der Waals surface area contributed by atoms with E-state index < -0.39 is 26.6 Å². The second-order valence-electron chi connectivity index (χ2n) is 20.8. The van der Waals surface area contributed by atoms with Crippen LogP contribution in [-0.2, 0) is 27.9 Å². The van der Waals surface area contributed by atoms with Gasteiger partial charge < -0.3 is 28.5 Å². The van der Waals surface area contributed by atoms with E-state index in [1.807, 2.05) is 33.3 Å². The molecular formula is C62H111N2O7P. The van der Waals surface area contributed by atoms with Gasteiger partial charge in [-0.1, -0.05) is 222 Å². The molecule has 0 aliphatic carbocycles. The Balaban J connectivity index is 5.23. The van der Waals surface area contributed by atoms with E-state index in [1.54, 1.807) is 0 Å². The molecule has 1 amide bonds. The number of ether oxygens (including phenoxy) is 1. The van der Waals surface area contributed by atoms with Crippen LogP contribution >= 0.6 is 7.82 Å². The van der Waals surface area contributed by atoms with E-state index in [0.717, 1.165) is 122 Å². The minimum Gasteiger partial charge on any atom is -0.756 e. The fraction of sp³-hybridized carbons (Fsp3) is 0.742. The number of hydrogen-bond donors (Lipinski definition) is 1. The fourth-order valence-electron chi connectivity index (χ4n) is 8.00. The lowest BCUT2D eigenvalue weighted by Crippen LogP contribution is -2.47. The number of rotatable bonds is 52. The lowest BCUT2D eigenvalue weighted by atomic mass is 10.0. The Morgan fingerprint density at radius 2 is 0.903 bits per heavy atom. The third kappa shape index (κ3) is 52.1. The summed E-state index contributed by atoms with van der Waals surface area (Å²) in [4.78, 5) is 39.8. The minimum absolute atomic E-state index is 0.0293. The van der Waals surface area contributed by atoms with Gasteiger partial charge in [0.1, 0.15) is 19.3 Å². The van der Waals surface area contributed by atoms with Crippen LogP contribution in [-0.4, -0.2) is 69.4 Å². The Kier molecular flexibility index (Phi) is 49.6. The Morgan fingerprint density at radius 3 is 1.39 bits per heavy atom. The second-order valence-corrected chi connectivity index (χ2v) is 22.2. The van der Waals surface area contributed by atoms with Crippen LogP contribution in [0.4, 0.5) is 0 Å². The molecule has 0 heterocycles. The summed E-state index contributed by atoms with van der Waals surface area (Å²) in [6.45, 7) is 6.66. The third-order valence-corrected chi connectivity index (χ3v) is 13.5. The minimum atomic E-state index is -4.70. The first-order chi connectivity index (χ1) is 34.9. The van der Waals surface area contributed by atoms with Gasteiger partial charge in [-0.3, -0.25) is 14.2 Å². The van der Waals surface area contributed by atoms with E-state index in [4.69, 9.17) is 13.8 Å². The van der Waals surface area contributed by atoms with E-state index in [9.17, 15) is 19.0 Å². The molecular weight excluding hydrogens is 916 g/mol. The first kappa shape index (κ1) is 69.2. The summed E-state index contributed by atoms with van der Waals surface area (Å²) in [5, 5.41) is 3.01. The number of phosphoric acid groups is 1. The molecule has 1 N–H and O–H groups in total. The first-order valence-corrected chi connectivity index (χ1v) is 30.9. The molecule has 0 aromatic heterocycles. The van der Waals surface area contributed by atoms with Gasteiger partial charge in [0.2, 0.25) is 5.91 Å². The number of carbonyl (C=O) groups is 2. The summed E-state index contributed by atoms with van der Waals surface area (Å²) >= 11 is 0. The van der Waals surface area contributed by atoms with Gasteiger partial charge in [-0.05, 0) is 96.0 Å². The zero-order chi connectivity index (χ0) is 52.9. The van der Waals surface area contributed by atoms with E-state index in [2.05, 4.69) is 99.0 Å². The molecule has 0 rings (SSSR count). The van der Waals surface area contributed by atoms with Gasteiger partial charge in [0.15, 0.2) is 0 Å². The van der Waals surface area contributed by atoms with E-state index >= 15 is 0 Å². The topological polar surface area (TPSA) is 114 Å². The highest BCUT2D eigenvalue weighted by atomic mass is 31.2. The first-order valence-electron chi connectivity index (χ1n) is 29.4. The van der Waals surface area contributed by atoms with E-state index in [1.165, 1.54) is 83.5 Å². The van der Waals surface area contributed by atoms with Crippen molar-refractivity contribution in [2.75, 3.05) is 40.9 Å². The summed E-state index contributed by atoms with van der Waals surface area (Å²) in [6.07, 6.45) is 66.9. The van der Waals surface area contributed by atoms with Crippen molar-refractivity contribution >= 4 is 19.7 Å². The zero-order valence-electron chi connectivity index (χ0n) is 47.4. The monoisotopic (exact) mass is 1030 g/mol. The molecule has 0 radical (unpaired) electrons. The van der Waals surface area contributed by atoms with Gasteiger partial charge in [-0.2, -0.15) is 0 Å². The van der Waals surface area contributed by atoms with Gasteiger partial charge in [-0.15, -0.1) is 0 Å². The number of phosphoric ester groups is 1. The number of nitrogens with one attached hydrogen (secondary N) is 1. The molecule has 0 bridgehead atoms. The summed E-state index contributed by atoms with van der Waals surface area (Å²) < 4.78 is 30.2. The van der Waals surface area contributed by atoms with Crippen molar-refractivity contribution in [2.24, 2.45) is 0 Å². The van der Waals surface area contributed by atoms with Crippen LogP contribution in [0, 0.1) is 0 Å². The molecule has 3 atom stereocenters. The number of carbonyl (C=O) groups excluding carboxylic acids is 2. The number of allylic oxidation sites excluding steroid dienone is 13. The molecule has 0 aromatic rings. The van der Waals surface area contributed by atoms with Crippen molar-refractivity contribution in [1.82, 2.24) is 5.32 Å². The van der Waals surface area contributed by atoms with Crippen LogP contribution in [0.2, 0.25) is 0 Å². The molecule has 3 unspecified atom stereocenters. The van der Waals surface area contributed by atoms with Gasteiger partial charge in [0.25, 0.3) is 7.82 Å². The number of unbranched alkanes of at least 4 members (excludes halogenated alkanes) is 24. The van der Waals surface area contributed by atoms with E-state index in [-0.39, 0.29) is 24.9 Å². The Bertz CT molecular complexity index is 1510. The predicted octanol–water partition coefficient (Wildman–Crippen LogP) is 17.2. The van der Waals surface area contributed by atoms with Gasteiger partial charge in [-0.25, -0.2) is 0 Å². The molecule has 10 heteroatoms. The quantitative estimate of drug-likeness (QED) is 0.0212. The number of hydrogen-bond acceptors (Lipinski definition) is 7. The van der Waals surface area contributed by atoms with Gasteiger partial charge in [0.05, 0.1) is 33.8 Å². The van der Waals surface area contributed by atoms with Gasteiger partial charge >= 0.3 is 5.97 Å². The molecule has 0 aliphatic heterocycles. The van der Waals surface area contributed by atoms with Crippen LogP contribution in [0.15, 0.2) is 85.1 Å². The molecule has 416 valence electrons. The van der Waals surface area contributed by atoms with E-state index in [0.29, 0.717) is 23.9 Å². The highest BCUT2D eigenvalue weighted by Gasteiger charge is 2.27. The summed E-state index contributed by atoms with van der Waals surface area (Å²) in [5.74, 6) is -0.569. The lowest BCUT2D eigenvalue weighted by Gasteiger charge is -2.30. The highest BCUT2D eigenvalue weighted by Crippen LogP contribution is 2.38. The molecule has 72 heavy (non-hydrogen) atoms. The van der Waals surface area contributed by atoms with Crippen molar-refractivity contribution in [3.05, 3.63) is 85.1 Å². The highest BCUT2D eigenvalue weighted by molar-refractivity contribution is 7.45. The lowest BCUT2D eigenvalue weighted by molar-refractivity contribution is -0.870. The Morgan fingerprint density at radius 1 is 0.500 bits per heavy atom. The van der Waals surface area contributed by atoms with Crippen LogP contribution in [0.1, 0.15) is 245 Å². The normalized spacial score (nSPS) is 14.4. The summed E-state index contributed by atoms with van der Waals surface area (Å²) in [5.41, 5.74) is 0. The molecule has 0 saturated carbocycles. The Labute approximate surface area is 444 Å². The summed E-state index contributed by atoms with van der Waals surface area (Å²) in [7, 11) is 1.16. The molecule has 9 nitrogen and oxygen atoms in total. The number of likely N-dealkylation sites (N-methyl/N-ethyl adjacent to an activating group) is 1. The largest absolute Gasteiger partial charge is 0.756 e. The smallest absolute Gasteiger partial charge is 0.306 e. The molecule has 0 aliphatic rings. The molecule has 0 aromatic carbocycles. The maximum Gasteiger partial charge on any atom is 0.306 e. The molecule has 0 spiro atoms. The van der Waals surface area contributed by atoms with Gasteiger partial charge in [0, 0.05) is 12.8 Å². The van der Waals surface area contributed by atoms with Crippen molar-refractivity contribution in [3.63, 3.8) is 0 Å². The number of quaternary nitrogens is 1. The van der Waals surface area contributed by atoms with Crippen LogP contribution in [0.25, 0.3) is 0 Å². The molecule has 0 fully saturated rings. The maximum absolute atomic E-state index is 13.5. The maximum atomic E-state index is 13.5. The third-order valence-electron chi connectivity index (χ3n) is 12.6. The van der Waals surface area contributed by atoms with Crippen molar-refractivity contribution in [1.29, 1.82) is 0 Å². The van der Waals surface area contributed by atoms with Crippen LogP contribution in [0.3, 0.4) is 0 Å². The van der Waals surface area contributed by atoms with Crippen molar-refractivity contribution < 1.29 is 37.3 Å². The van der Waals surface area contributed by atoms with Crippen LogP contribution < -0.4 is 10.2 Å². The predicted molar refractivity (Wildman–Crippen MR) is 307 cm³/mol. The standard InChI is InChI=1S/C62H111N2O7P/c1-7-10-13-16-19-22-25-27-28-29-30-31-32-33-34-35-36-37-40-42-45-48-51-54-61(65)63-59(58-70-72(67,68)69-57-56-64(4,5)6)60(53-50-47-44-41-39-26-23-20-17-14-11-8-2)71-62(66)55-52-49-46-43-38-24-21-18-15-12-9-3/h10,13,18-19,21-22,27-28,30-31,33-34,50,53,59-60H,7-9,11-12,14-17,20,23-26,29,32,35-49,51-52,54-58H2,1-6H3,(H-,63,65,67,68)/b13-10-,21-18-,22-19-,28-27-,31-30-,34-33-,53-50-. The van der Waals surface area contributed by atoms with Crippen LogP contribution in [0.5, 0.6) is 0 Å². The number of amides is 1. The average Bonchev–Trinajstić information content (AvgIpc) is 3.34. The summed E-state index contributed by atoms with van der Waals surface area (Å²) in [6, 6.07) is -0.900. The number of esters is 1. The van der Waals surface area contributed by atoms with Crippen molar-refractivity contribution in [2.45, 2.75) is 258 Å². The number of nitrogens with zero attached hydrogens (tertiary/aromatic N) is 1. The Hall–Kier alpha value is -2.81. The molecule has 0 saturated heterocycles. The fourth-order valence-corrected chi connectivity index (χ4v) is 8.72. The SMILES string of the molecule is CC/C=C\C/C=C\C/C=C\C/C=C\C/C=C\CCCCCCCCCC(=O)NC(COP(=O)([O-])OCC[N+](C)(C)C)C(/C=C\CCCCCCCCCCCC)OC(=O)CCCCCCC/C=C\CCCC. The second kappa shape index (κ2) is 51.7.